The van der Waals surface area contributed by atoms with Gasteiger partial charge >= 0.3 is 5.97 Å². The average Bonchev–Trinajstić information content (AvgIpc) is 2.70. The van der Waals surface area contributed by atoms with E-state index >= 15 is 0 Å². The van der Waals surface area contributed by atoms with Crippen LogP contribution in [0.1, 0.15) is 28.4 Å². The van der Waals surface area contributed by atoms with Gasteiger partial charge in [0.25, 0.3) is 0 Å². The Morgan fingerprint density at radius 2 is 1.74 bits per heavy atom. The highest BCUT2D eigenvalue weighted by Gasteiger charge is 2.22. The van der Waals surface area contributed by atoms with Crippen molar-refractivity contribution in [3.63, 3.8) is 0 Å². The van der Waals surface area contributed by atoms with E-state index in [0.717, 1.165) is 24.5 Å². The molecule has 0 N–H and O–H groups in total. The summed E-state index contributed by atoms with van der Waals surface area (Å²) in [5, 5.41) is 0. The number of carbonyl (C=O) groups excluding carboxylic acids is 2. The number of nitrogens with zero attached hydrogens (tertiary/aromatic N) is 3. The number of aromatic nitrogens is 1. The summed E-state index contributed by atoms with van der Waals surface area (Å²) in [6.45, 7) is 6.96. The predicted molar refractivity (Wildman–Crippen MR) is 104 cm³/mol. The van der Waals surface area contributed by atoms with Crippen LogP contribution in [0.5, 0.6) is 0 Å². The first-order chi connectivity index (χ1) is 13.1. The highest BCUT2D eigenvalue weighted by Crippen LogP contribution is 2.15. The fourth-order valence-corrected chi connectivity index (χ4v) is 3.09. The largest absolute Gasteiger partial charge is 0.462 e. The number of benzene rings is 1. The number of amides is 1. The summed E-state index contributed by atoms with van der Waals surface area (Å²) in [4.78, 5) is 32.6. The van der Waals surface area contributed by atoms with Crippen molar-refractivity contribution in [2.24, 2.45) is 0 Å². The van der Waals surface area contributed by atoms with E-state index < -0.39 is 0 Å². The van der Waals surface area contributed by atoms with Crippen molar-refractivity contribution in [3.05, 3.63) is 59.3 Å². The zero-order chi connectivity index (χ0) is 19.2. The first kappa shape index (κ1) is 18.9. The topological polar surface area (TPSA) is 62.7 Å². The van der Waals surface area contributed by atoms with Gasteiger partial charge in [-0.1, -0.05) is 29.8 Å². The number of ether oxygens (including phenoxy) is 1. The summed E-state index contributed by atoms with van der Waals surface area (Å²) in [5.74, 6) is 0.612. The van der Waals surface area contributed by atoms with Gasteiger partial charge in [0.2, 0.25) is 5.91 Å². The van der Waals surface area contributed by atoms with Crippen molar-refractivity contribution in [1.29, 1.82) is 0 Å². The molecule has 1 aliphatic rings. The van der Waals surface area contributed by atoms with Gasteiger partial charge in [-0.3, -0.25) is 4.79 Å². The van der Waals surface area contributed by atoms with Gasteiger partial charge in [0.1, 0.15) is 5.82 Å². The van der Waals surface area contributed by atoms with Crippen LogP contribution < -0.4 is 4.90 Å². The third-order valence-electron chi connectivity index (χ3n) is 4.69. The number of hydrogen-bond donors (Lipinski definition) is 0. The number of pyridine rings is 1. The van der Waals surface area contributed by atoms with Gasteiger partial charge in [0.15, 0.2) is 0 Å². The van der Waals surface area contributed by atoms with E-state index in [1.54, 1.807) is 19.2 Å². The van der Waals surface area contributed by atoms with E-state index in [-0.39, 0.29) is 11.9 Å². The van der Waals surface area contributed by atoms with Gasteiger partial charge in [-0.05, 0) is 31.5 Å². The van der Waals surface area contributed by atoms with Gasteiger partial charge < -0.3 is 14.5 Å². The van der Waals surface area contributed by atoms with Crippen LogP contribution in [0.15, 0.2) is 42.6 Å². The minimum Gasteiger partial charge on any atom is -0.462 e. The lowest BCUT2D eigenvalue weighted by Gasteiger charge is -2.35. The molecule has 1 fully saturated rings. The molecule has 6 nitrogen and oxygen atoms in total. The maximum atomic E-state index is 12.5. The van der Waals surface area contributed by atoms with E-state index in [2.05, 4.69) is 9.88 Å². The maximum absolute atomic E-state index is 12.5. The minimum absolute atomic E-state index is 0.157. The van der Waals surface area contributed by atoms with Crippen LogP contribution in [0.4, 0.5) is 5.82 Å². The molecule has 1 saturated heterocycles. The molecule has 2 heterocycles. The standard InChI is InChI=1S/C21H25N3O3/c1-3-27-21(26)18-8-9-19(22-15-18)23-10-12-24(13-11-23)20(25)14-17-6-4-16(2)5-7-17/h4-9,15H,3,10-14H2,1-2H3. The molecule has 0 spiro atoms. The molecule has 27 heavy (non-hydrogen) atoms. The molecule has 1 aromatic carbocycles. The van der Waals surface area contributed by atoms with Crippen LogP contribution in [0.25, 0.3) is 0 Å². The molecule has 0 saturated carbocycles. The van der Waals surface area contributed by atoms with E-state index in [0.29, 0.717) is 31.7 Å². The molecular formula is C21H25N3O3. The molecule has 2 aromatic rings. The Labute approximate surface area is 159 Å². The molecule has 0 bridgehead atoms. The lowest BCUT2D eigenvalue weighted by molar-refractivity contribution is -0.130. The molecule has 0 aliphatic carbocycles. The summed E-state index contributed by atoms with van der Waals surface area (Å²) in [6.07, 6.45) is 1.98. The Bertz CT molecular complexity index is 779. The van der Waals surface area contributed by atoms with Crippen molar-refractivity contribution in [2.75, 3.05) is 37.7 Å². The SMILES string of the molecule is CCOC(=O)c1ccc(N2CCN(C(=O)Cc3ccc(C)cc3)CC2)nc1. The molecular weight excluding hydrogens is 342 g/mol. The number of carbonyl (C=O) groups is 2. The molecule has 6 heteroatoms. The second kappa shape index (κ2) is 8.66. The zero-order valence-electron chi connectivity index (χ0n) is 15.9. The smallest absolute Gasteiger partial charge is 0.339 e. The third-order valence-corrected chi connectivity index (χ3v) is 4.69. The average molecular weight is 367 g/mol. The van der Waals surface area contributed by atoms with Crippen molar-refractivity contribution in [2.45, 2.75) is 20.3 Å². The summed E-state index contributed by atoms with van der Waals surface area (Å²) in [6, 6.07) is 11.7. The number of anilines is 1. The van der Waals surface area contributed by atoms with E-state index in [9.17, 15) is 9.59 Å². The van der Waals surface area contributed by atoms with Crippen LogP contribution in [-0.2, 0) is 16.0 Å². The van der Waals surface area contributed by atoms with Gasteiger partial charge in [0, 0.05) is 32.4 Å². The summed E-state index contributed by atoms with van der Waals surface area (Å²) in [7, 11) is 0. The lowest BCUT2D eigenvalue weighted by atomic mass is 10.1. The predicted octanol–water partition coefficient (Wildman–Crippen LogP) is 2.46. The second-order valence-corrected chi connectivity index (χ2v) is 6.66. The molecule has 1 amide bonds. The van der Waals surface area contributed by atoms with Gasteiger partial charge in [-0.2, -0.15) is 0 Å². The fraction of sp³-hybridized carbons (Fsp3) is 0.381. The first-order valence-corrected chi connectivity index (χ1v) is 9.28. The molecule has 0 unspecified atom stereocenters. The fourth-order valence-electron chi connectivity index (χ4n) is 3.09. The molecule has 3 rings (SSSR count). The molecule has 0 radical (unpaired) electrons. The van der Waals surface area contributed by atoms with E-state index in [1.807, 2.05) is 42.2 Å². The normalized spacial score (nSPS) is 14.1. The van der Waals surface area contributed by atoms with Crippen LogP contribution >= 0.6 is 0 Å². The zero-order valence-corrected chi connectivity index (χ0v) is 15.9. The Kier molecular flexibility index (Phi) is 6.06. The lowest BCUT2D eigenvalue weighted by Crippen LogP contribution is -2.49. The van der Waals surface area contributed by atoms with Crippen molar-refractivity contribution < 1.29 is 14.3 Å². The summed E-state index contributed by atoms with van der Waals surface area (Å²) < 4.78 is 4.97. The quantitative estimate of drug-likeness (QED) is 0.760. The number of piperazine rings is 1. The maximum Gasteiger partial charge on any atom is 0.339 e. The summed E-state index contributed by atoms with van der Waals surface area (Å²) >= 11 is 0. The first-order valence-electron chi connectivity index (χ1n) is 9.28. The minimum atomic E-state index is -0.358. The number of esters is 1. The van der Waals surface area contributed by atoms with E-state index in [1.165, 1.54) is 5.56 Å². The monoisotopic (exact) mass is 367 g/mol. The highest BCUT2D eigenvalue weighted by molar-refractivity contribution is 5.89. The van der Waals surface area contributed by atoms with Crippen LogP contribution in [0, 0.1) is 6.92 Å². The highest BCUT2D eigenvalue weighted by atomic mass is 16.5. The van der Waals surface area contributed by atoms with Crippen LogP contribution in [0.2, 0.25) is 0 Å². The number of aryl methyl sites for hydroxylation is 1. The van der Waals surface area contributed by atoms with Crippen molar-refractivity contribution in [3.8, 4) is 0 Å². The van der Waals surface area contributed by atoms with Crippen molar-refractivity contribution >= 4 is 17.7 Å². The number of hydrogen-bond acceptors (Lipinski definition) is 5. The van der Waals surface area contributed by atoms with Crippen molar-refractivity contribution in [1.82, 2.24) is 9.88 Å². The van der Waals surface area contributed by atoms with Gasteiger partial charge in [0.05, 0.1) is 18.6 Å². The van der Waals surface area contributed by atoms with Crippen LogP contribution in [-0.4, -0.2) is 54.5 Å². The van der Waals surface area contributed by atoms with Gasteiger partial charge in [-0.25, -0.2) is 9.78 Å². The third kappa shape index (κ3) is 4.84. The molecule has 142 valence electrons. The Morgan fingerprint density at radius 3 is 2.33 bits per heavy atom. The van der Waals surface area contributed by atoms with E-state index in [4.69, 9.17) is 4.74 Å². The molecule has 1 aromatic heterocycles. The summed E-state index contributed by atoms with van der Waals surface area (Å²) in [5.41, 5.74) is 2.69. The molecule has 1 aliphatic heterocycles. The second-order valence-electron chi connectivity index (χ2n) is 6.66. The van der Waals surface area contributed by atoms with Gasteiger partial charge in [-0.15, -0.1) is 0 Å². The Hall–Kier alpha value is -2.89. The molecule has 0 atom stereocenters. The Morgan fingerprint density at radius 1 is 1.04 bits per heavy atom. The van der Waals surface area contributed by atoms with Crippen LogP contribution in [0.3, 0.4) is 0 Å². The Balaban J connectivity index is 1.53. The number of rotatable bonds is 5.